The summed E-state index contributed by atoms with van der Waals surface area (Å²) in [6.45, 7) is 13.8. The Morgan fingerprint density at radius 3 is 1.37 bits per heavy atom. The predicted octanol–water partition coefficient (Wildman–Crippen LogP) is 8.54. The van der Waals surface area contributed by atoms with Crippen LogP contribution in [0.15, 0.2) is 67.7 Å². The number of benzene rings is 3. The highest BCUT2D eigenvalue weighted by atomic mass is 19.4. The first-order chi connectivity index (χ1) is 23.6. The molecule has 0 fully saturated rings. The van der Waals surface area contributed by atoms with Gasteiger partial charge in [-0.3, -0.25) is 23.7 Å². The maximum absolute atomic E-state index is 15.4. The molecule has 0 saturated carbocycles. The van der Waals surface area contributed by atoms with Gasteiger partial charge in [-0.25, -0.2) is 4.57 Å². The van der Waals surface area contributed by atoms with Crippen molar-refractivity contribution in [3.05, 3.63) is 118 Å². The molecular weight excluding hydrogens is 674 g/mol. The Kier molecular flexibility index (Phi) is 9.14. The predicted molar refractivity (Wildman–Crippen MR) is 187 cm³/mol. The quantitative estimate of drug-likeness (QED) is 0.144. The number of halogens is 6. The zero-order valence-corrected chi connectivity index (χ0v) is 29.7. The third-order valence-corrected chi connectivity index (χ3v) is 11.6. The van der Waals surface area contributed by atoms with Crippen molar-refractivity contribution >= 4 is 21.5 Å². The van der Waals surface area contributed by atoms with Gasteiger partial charge < -0.3 is 0 Å². The van der Waals surface area contributed by atoms with Gasteiger partial charge in [0.25, 0.3) is 22.2 Å². The van der Waals surface area contributed by atoms with E-state index in [1.54, 1.807) is 20.8 Å². The van der Waals surface area contributed by atoms with Crippen molar-refractivity contribution in [2.75, 3.05) is 0 Å². The molecule has 51 heavy (non-hydrogen) atoms. The van der Waals surface area contributed by atoms with Crippen LogP contribution in [0, 0.1) is 13.8 Å². The molecule has 0 unspecified atom stereocenters. The van der Waals surface area contributed by atoms with Crippen LogP contribution < -0.4 is 22.2 Å². The summed E-state index contributed by atoms with van der Waals surface area (Å²) in [6, 6.07) is 7.60. The van der Waals surface area contributed by atoms with Gasteiger partial charge in [0.2, 0.25) is 5.41 Å². The van der Waals surface area contributed by atoms with Gasteiger partial charge in [-0.1, -0.05) is 65.0 Å². The second-order valence-corrected chi connectivity index (χ2v) is 14.1. The Hall–Kier alpha value is -4.48. The van der Waals surface area contributed by atoms with E-state index >= 15 is 26.3 Å². The molecule has 2 heterocycles. The van der Waals surface area contributed by atoms with Crippen LogP contribution in [0.5, 0.6) is 0 Å². The lowest BCUT2D eigenvalue weighted by atomic mass is 9.69. The van der Waals surface area contributed by atoms with E-state index in [9.17, 15) is 19.2 Å². The molecule has 0 bridgehead atoms. The molecule has 2 aromatic heterocycles. The number of hydrogen-bond acceptors (Lipinski definition) is 4. The van der Waals surface area contributed by atoms with Crippen LogP contribution in [0.3, 0.4) is 0 Å². The molecule has 0 atom stereocenters. The number of rotatable bonds is 9. The first-order valence-electron chi connectivity index (χ1n) is 16.9. The summed E-state index contributed by atoms with van der Waals surface area (Å²) in [5.41, 5.74) is -11.3. The van der Waals surface area contributed by atoms with Gasteiger partial charge in [-0.15, -0.1) is 0 Å². The first kappa shape index (κ1) is 37.8. The maximum Gasteiger partial charge on any atom is 0.411 e. The summed E-state index contributed by atoms with van der Waals surface area (Å²) in [4.78, 5) is 54.7. The minimum Gasteiger partial charge on any atom is -0.269 e. The lowest BCUT2D eigenvalue weighted by Crippen LogP contribution is -2.55. The fourth-order valence-corrected chi connectivity index (χ4v) is 7.45. The van der Waals surface area contributed by atoms with Crippen LogP contribution in [0.2, 0.25) is 0 Å². The number of aryl methyl sites for hydroxylation is 2. The van der Waals surface area contributed by atoms with Gasteiger partial charge in [0.1, 0.15) is 0 Å². The minimum absolute atomic E-state index is 0.0492. The SMILES string of the molecule is CCC(C)(CC)c1cc(C(c2ccc(C)c(-n3c(=O)c4cc5c(=O)n(C(C)(CC)CC)c(=O)c5cc4c3=O)c2)(C(F)(F)F)C(F)(F)F)ccc1C. The van der Waals surface area contributed by atoms with E-state index in [-0.39, 0.29) is 27.1 Å². The largest absolute Gasteiger partial charge is 0.411 e. The zero-order chi connectivity index (χ0) is 38.2. The monoisotopic (exact) mass is 714 g/mol. The fraction of sp³-hybridized carbons (Fsp3) is 0.436. The van der Waals surface area contributed by atoms with E-state index in [2.05, 4.69) is 0 Å². The van der Waals surface area contributed by atoms with Gasteiger partial charge in [-0.05, 0) is 97.9 Å². The van der Waals surface area contributed by atoms with E-state index in [1.807, 2.05) is 27.7 Å². The number of alkyl halides is 6. The van der Waals surface area contributed by atoms with Crippen LogP contribution in [0.4, 0.5) is 26.3 Å². The van der Waals surface area contributed by atoms with Crippen LogP contribution in [0.1, 0.15) is 95.0 Å². The van der Waals surface area contributed by atoms with Gasteiger partial charge in [0, 0.05) is 5.54 Å². The molecule has 0 amide bonds. The Balaban J connectivity index is 1.85. The number of hydrogen-bond donors (Lipinski definition) is 0. The standard InChI is InChI=1S/C39H40F6N2O4/c1-9-35(7,10-2)29-17-23(15-13-21(29)5)37(38(40,41)42,39(43,44)45)24-16-14-22(6)30(18-24)46-31(48)25-19-27-28(20-26(25)32(46)49)34(51)47(33(27)50)36(8,11-3)12-4/h13-20H,9-12H2,1-8H3. The van der Waals surface area contributed by atoms with Crippen molar-refractivity contribution in [2.24, 2.45) is 0 Å². The van der Waals surface area contributed by atoms with E-state index in [0.29, 0.717) is 47.4 Å². The summed E-state index contributed by atoms with van der Waals surface area (Å²) < 4.78 is 93.7. The van der Waals surface area contributed by atoms with E-state index < -0.39 is 67.8 Å². The molecule has 0 spiro atoms. The van der Waals surface area contributed by atoms with Crippen LogP contribution >= 0.6 is 0 Å². The van der Waals surface area contributed by atoms with E-state index in [0.717, 1.165) is 41.0 Å². The highest BCUT2D eigenvalue weighted by molar-refractivity contribution is 5.98. The molecule has 0 aliphatic heterocycles. The van der Waals surface area contributed by atoms with Crippen LogP contribution in [-0.4, -0.2) is 21.5 Å². The third kappa shape index (κ3) is 5.30. The number of nitrogens with zero attached hydrogens (tertiary/aromatic N) is 2. The summed E-state index contributed by atoms with van der Waals surface area (Å²) in [6.07, 6.45) is -10.0. The molecule has 0 radical (unpaired) electrons. The van der Waals surface area contributed by atoms with Crippen molar-refractivity contribution in [3.63, 3.8) is 0 Å². The minimum atomic E-state index is -5.92. The van der Waals surface area contributed by atoms with E-state index in [4.69, 9.17) is 0 Å². The number of fused-ring (bicyclic) bond motifs is 2. The van der Waals surface area contributed by atoms with E-state index in [1.165, 1.54) is 13.0 Å². The Morgan fingerprint density at radius 1 is 0.549 bits per heavy atom. The normalized spacial score (nSPS) is 13.5. The second-order valence-electron chi connectivity index (χ2n) is 14.1. The van der Waals surface area contributed by atoms with Gasteiger partial charge in [0.05, 0.1) is 27.2 Å². The molecule has 0 N–H and O–H groups in total. The summed E-state index contributed by atoms with van der Waals surface area (Å²) in [7, 11) is 0. The van der Waals surface area contributed by atoms with Gasteiger partial charge in [-0.2, -0.15) is 26.3 Å². The van der Waals surface area contributed by atoms with Crippen molar-refractivity contribution in [1.82, 2.24) is 9.13 Å². The second kappa shape index (κ2) is 12.3. The lowest BCUT2D eigenvalue weighted by Gasteiger charge is -2.40. The van der Waals surface area contributed by atoms with Crippen LogP contribution in [0.25, 0.3) is 27.2 Å². The molecule has 6 nitrogen and oxygen atoms in total. The highest BCUT2D eigenvalue weighted by Crippen LogP contribution is 2.57. The molecule has 0 aliphatic rings. The summed E-state index contributed by atoms with van der Waals surface area (Å²) in [5, 5.41) is -0.814. The molecular formula is C39H40F6N2O4. The molecule has 5 rings (SSSR count). The van der Waals surface area contributed by atoms with Crippen molar-refractivity contribution in [3.8, 4) is 5.69 Å². The average Bonchev–Trinajstić information content (AvgIpc) is 3.46. The smallest absolute Gasteiger partial charge is 0.269 e. The van der Waals surface area contributed by atoms with Gasteiger partial charge >= 0.3 is 12.4 Å². The highest BCUT2D eigenvalue weighted by Gasteiger charge is 2.72. The maximum atomic E-state index is 15.4. The third-order valence-electron chi connectivity index (χ3n) is 11.6. The molecule has 0 saturated heterocycles. The first-order valence-corrected chi connectivity index (χ1v) is 16.9. The molecule has 5 aromatic rings. The Morgan fingerprint density at radius 2 is 0.961 bits per heavy atom. The van der Waals surface area contributed by atoms with Gasteiger partial charge in [0.15, 0.2) is 0 Å². The molecule has 12 heteroatoms. The average molecular weight is 715 g/mol. The zero-order valence-electron chi connectivity index (χ0n) is 29.7. The molecule has 0 aliphatic carbocycles. The molecule has 3 aromatic carbocycles. The molecule has 272 valence electrons. The van der Waals surface area contributed by atoms with Crippen molar-refractivity contribution < 1.29 is 26.3 Å². The van der Waals surface area contributed by atoms with Crippen molar-refractivity contribution in [2.45, 2.75) is 110 Å². The topological polar surface area (TPSA) is 78.1 Å². The Bertz CT molecular complexity index is 2290. The Labute approximate surface area is 290 Å². The lowest BCUT2D eigenvalue weighted by molar-refractivity contribution is -0.288. The summed E-state index contributed by atoms with van der Waals surface area (Å²) >= 11 is 0. The summed E-state index contributed by atoms with van der Waals surface area (Å²) in [5.74, 6) is 0. The fourth-order valence-electron chi connectivity index (χ4n) is 7.45. The van der Waals surface area contributed by atoms with Crippen LogP contribution in [-0.2, 0) is 16.4 Å². The number of aromatic nitrogens is 2. The van der Waals surface area contributed by atoms with Crippen molar-refractivity contribution in [1.29, 1.82) is 0 Å².